The van der Waals surface area contributed by atoms with Crippen LogP contribution in [0.25, 0.3) is 0 Å². The van der Waals surface area contributed by atoms with Crippen molar-refractivity contribution in [1.29, 1.82) is 0 Å². The first-order valence-corrected chi connectivity index (χ1v) is 8.11. The normalized spacial score (nSPS) is 10.2. The Kier molecular flexibility index (Phi) is 7.38. The lowest BCUT2D eigenvalue weighted by molar-refractivity contribution is 0.179. The Hall–Kier alpha value is -1.28. The molecule has 0 N–H and O–H groups in total. The van der Waals surface area contributed by atoms with Crippen molar-refractivity contribution in [2.75, 3.05) is 30.1 Å². The summed E-state index contributed by atoms with van der Waals surface area (Å²) in [5.74, 6) is 1.98. The first-order chi connectivity index (χ1) is 9.65. The molecule has 0 spiro atoms. The summed E-state index contributed by atoms with van der Waals surface area (Å²) >= 11 is 3.01. The molecule has 0 aliphatic rings. The molecule has 1 amide bonds. The predicted molar refractivity (Wildman–Crippen MR) is 82.6 cm³/mol. The van der Waals surface area contributed by atoms with Gasteiger partial charge in [0.2, 0.25) is 5.95 Å². The smallest absolute Gasteiger partial charge is 0.416 e. The highest BCUT2D eigenvalue weighted by Gasteiger charge is 2.20. The minimum atomic E-state index is -0.518. The maximum absolute atomic E-state index is 11.8. The van der Waals surface area contributed by atoms with E-state index >= 15 is 0 Å². The summed E-state index contributed by atoms with van der Waals surface area (Å²) in [6.07, 6.45) is 1.08. The number of nitrogens with zero attached hydrogens (tertiary/aromatic N) is 4. The Morgan fingerprint density at radius 1 is 1.25 bits per heavy atom. The van der Waals surface area contributed by atoms with E-state index in [0.29, 0.717) is 16.3 Å². The molecule has 0 bridgehead atoms. The first-order valence-electron chi connectivity index (χ1n) is 6.14. The van der Waals surface area contributed by atoms with Gasteiger partial charge in [-0.25, -0.2) is 9.69 Å². The van der Waals surface area contributed by atoms with E-state index in [0.717, 1.165) is 11.5 Å². The average Bonchev–Trinajstić information content (AvgIpc) is 2.44. The lowest BCUT2D eigenvalue weighted by Crippen LogP contribution is -2.32. The number of hydrogen-bond donors (Lipinski definition) is 0. The summed E-state index contributed by atoms with van der Waals surface area (Å²) < 4.78 is 4.74. The van der Waals surface area contributed by atoms with Gasteiger partial charge in [-0.1, -0.05) is 43.4 Å². The third-order valence-corrected chi connectivity index (χ3v) is 3.54. The van der Waals surface area contributed by atoms with Gasteiger partial charge in [-0.2, -0.15) is 15.0 Å². The van der Waals surface area contributed by atoms with E-state index in [1.165, 1.54) is 35.5 Å². The Morgan fingerprint density at radius 2 is 1.80 bits per heavy atom. The monoisotopic (exact) mass is 314 g/mol. The number of aromatic nitrogens is 3. The molecule has 1 heterocycles. The molecule has 0 atom stereocenters. The van der Waals surface area contributed by atoms with Crippen LogP contribution in [-0.4, -0.2) is 46.2 Å². The number of hydrogen-bond acceptors (Lipinski definition) is 7. The molecule has 1 aromatic rings. The summed E-state index contributed by atoms with van der Waals surface area (Å²) in [6.45, 7) is 7.94. The average molecular weight is 314 g/mol. The molecule has 0 unspecified atom stereocenters. The molecule has 0 radical (unpaired) electrons. The van der Waals surface area contributed by atoms with Crippen LogP contribution < -0.4 is 4.90 Å². The van der Waals surface area contributed by atoms with Gasteiger partial charge in [0.25, 0.3) is 0 Å². The molecule has 0 saturated heterocycles. The van der Waals surface area contributed by atoms with E-state index in [1.54, 1.807) is 6.08 Å². The number of amides is 1. The fraction of sp³-hybridized carbons (Fsp3) is 0.500. The van der Waals surface area contributed by atoms with Crippen molar-refractivity contribution in [1.82, 2.24) is 15.0 Å². The highest BCUT2D eigenvalue weighted by atomic mass is 32.2. The van der Waals surface area contributed by atoms with Gasteiger partial charge in [-0.05, 0) is 11.5 Å². The van der Waals surface area contributed by atoms with Crippen LogP contribution in [0.4, 0.5) is 10.7 Å². The molecule has 0 saturated carbocycles. The van der Waals surface area contributed by atoms with Crippen molar-refractivity contribution in [3.05, 3.63) is 12.7 Å². The van der Waals surface area contributed by atoms with Crippen LogP contribution in [0.3, 0.4) is 0 Å². The summed E-state index contributed by atoms with van der Waals surface area (Å²) in [4.78, 5) is 26.0. The standard InChI is InChI=1S/C12H18N4O2S2/c1-5-8-16(12(17)18-4)9-13-10(19-6-2)15-11(14-9)20-7-3/h5H,1,6-8H2,2-4H3. The lowest BCUT2D eigenvalue weighted by atomic mass is 10.5. The third-order valence-electron chi connectivity index (χ3n) is 2.08. The maximum Gasteiger partial charge on any atom is 0.416 e. The van der Waals surface area contributed by atoms with E-state index in [4.69, 9.17) is 4.74 Å². The quantitative estimate of drug-likeness (QED) is 0.566. The van der Waals surface area contributed by atoms with Crippen LogP contribution >= 0.6 is 23.5 Å². The second-order valence-corrected chi connectivity index (χ2v) is 5.90. The fourth-order valence-electron chi connectivity index (χ4n) is 1.31. The zero-order chi connectivity index (χ0) is 15.0. The zero-order valence-corrected chi connectivity index (χ0v) is 13.5. The van der Waals surface area contributed by atoms with E-state index in [1.807, 2.05) is 13.8 Å². The van der Waals surface area contributed by atoms with E-state index in [9.17, 15) is 4.79 Å². The van der Waals surface area contributed by atoms with E-state index in [-0.39, 0.29) is 6.54 Å². The van der Waals surface area contributed by atoms with Crippen molar-refractivity contribution < 1.29 is 9.53 Å². The highest BCUT2D eigenvalue weighted by molar-refractivity contribution is 7.99. The van der Waals surface area contributed by atoms with Gasteiger partial charge in [0.15, 0.2) is 10.3 Å². The Labute approximate surface area is 127 Å². The molecule has 0 aliphatic carbocycles. The highest BCUT2D eigenvalue weighted by Crippen LogP contribution is 2.21. The first kappa shape index (κ1) is 16.8. The summed E-state index contributed by atoms with van der Waals surface area (Å²) in [6, 6.07) is 0. The number of rotatable bonds is 7. The van der Waals surface area contributed by atoms with Crippen LogP contribution in [0, 0.1) is 0 Å². The van der Waals surface area contributed by atoms with Gasteiger partial charge < -0.3 is 4.74 Å². The summed E-state index contributed by atoms with van der Waals surface area (Å²) in [5, 5.41) is 1.21. The maximum atomic E-state index is 11.8. The van der Waals surface area contributed by atoms with E-state index in [2.05, 4.69) is 21.5 Å². The Bertz CT molecular complexity index is 447. The van der Waals surface area contributed by atoms with E-state index < -0.39 is 6.09 Å². The van der Waals surface area contributed by atoms with Gasteiger partial charge in [0.1, 0.15) is 0 Å². The number of carbonyl (C=O) groups is 1. The van der Waals surface area contributed by atoms with Crippen molar-refractivity contribution >= 4 is 35.6 Å². The van der Waals surface area contributed by atoms with Crippen LogP contribution in [0.15, 0.2) is 23.0 Å². The van der Waals surface area contributed by atoms with Gasteiger partial charge in [0.05, 0.1) is 13.7 Å². The molecule has 0 aliphatic heterocycles. The number of anilines is 1. The second-order valence-electron chi connectivity index (χ2n) is 3.44. The predicted octanol–water partition coefficient (Wildman–Crippen LogP) is 2.85. The SMILES string of the molecule is C=CCN(C(=O)OC)c1nc(SCC)nc(SCC)n1. The molecule has 1 rings (SSSR count). The fourth-order valence-corrected chi connectivity index (χ4v) is 2.48. The zero-order valence-electron chi connectivity index (χ0n) is 11.8. The minimum Gasteiger partial charge on any atom is -0.452 e. The Balaban J connectivity index is 3.16. The van der Waals surface area contributed by atoms with Crippen LogP contribution in [-0.2, 0) is 4.74 Å². The molecule has 20 heavy (non-hydrogen) atoms. The van der Waals surface area contributed by atoms with Crippen LogP contribution in [0.1, 0.15) is 13.8 Å². The van der Waals surface area contributed by atoms with Crippen molar-refractivity contribution in [3.63, 3.8) is 0 Å². The summed E-state index contributed by atoms with van der Waals surface area (Å²) in [7, 11) is 1.32. The number of ether oxygens (including phenoxy) is 1. The molecule has 6 nitrogen and oxygen atoms in total. The third kappa shape index (κ3) is 4.68. The molecule has 1 aromatic heterocycles. The molecule has 110 valence electrons. The molecule has 0 aromatic carbocycles. The van der Waals surface area contributed by atoms with Gasteiger partial charge in [-0.3, -0.25) is 0 Å². The Morgan fingerprint density at radius 3 is 2.20 bits per heavy atom. The minimum absolute atomic E-state index is 0.281. The molecular weight excluding hydrogens is 296 g/mol. The van der Waals surface area contributed by atoms with Crippen molar-refractivity contribution in [3.8, 4) is 0 Å². The van der Waals surface area contributed by atoms with Crippen molar-refractivity contribution in [2.24, 2.45) is 0 Å². The molecule has 0 fully saturated rings. The topological polar surface area (TPSA) is 68.2 Å². The number of thioether (sulfide) groups is 2. The molecular formula is C12H18N4O2S2. The van der Waals surface area contributed by atoms with Crippen LogP contribution in [0.2, 0.25) is 0 Å². The van der Waals surface area contributed by atoms with Crippen molar-refractivity contribution in [2.45, 2.75) is 24.2 Å². The molecule has 8 heteroatoms. The largest absolute Gasteiger partial charge is 0.452 e. The van der Waals surface area contributed by atoms with Crippen LogP contribution in [0.5, 0.6) is 0 Å². The van der Waals surface area contributed by atoms with Gasteiger partial charge in [-0.15, -0.1) is 6.58 Å². The lowest BCUT2D eigenvalue weighted by Gasteiger charge is -2.18. The number of carbonyl (C=O) groups excluding carboxylic acids is 1. The second kappa shape index (κ2) is 8.80. The number of methoxy groups -OCH3 is 1. The summed E-state index contributed by atoms with van der Waals surface area (Å²) in [5.41, 5.74) is 0. The van der Waals surface area contributed by atoms with Gasteiger partial charge >= 0.3 is 6.09 Å². The van der Waals surface area contributed by atoms with Gasteiger partial charge in [0, 0.05) is 0 Å².